The van der Waals surface area contributed by atoms with Gasteiger partial charge in [0, 0.05) is 12.2 Å². The first-order valence-corrected chi connectivity index (χ1v) is 7.01. The van der Waals surface area contributed by atoms with Gasteiger partial charge in [-0.1, -0.05) is 42.5 Å². The van der Waals surface area contributed by atoms with Crippen molar-refractivity contribution in [3.63, 3.8) is 0 Å². The fourth-order valence-corrected chi connectivity index (χ4v) is 2.21. The Morgan fingerprint density at radius 3 is 2.19 bits per heavy atom. The molecule has 2 rings (SSSR count). The van der Waals surface area contributed by atoms with E-state index in [2.05, 4.69) is 17.4 Å². The molecular formula is C17H18F3N. The third-order valence-electron chi connectivity index (χ3n) is 3.28. The van der Waals surface area contributed by atoms with Crippen LogP contribution in [0.1, 0.15) is 24.0 Å². The molecule has 0 fully saturated rings. The van der Waals surface area contributed by atoms with Crippen molar-refractivity contribution < 1.29 is 13.2 Å². The minimum atomic E-state index is -4.31. The standard InChI is InChI=1S/C17H18F3N/c18-17(19,20)15-11-4-5-12-16(15)21-13-7-6-10-14-8-2-1-3-9-14/h1-5,8-9,11-12,21H,6-7,10,13H2. The van der Waals surface area contributed by atoms with E-state index in [1.54, 1.807) is 6.07 Å². The highest BCUT2D eigenvalue weighted by Crippen LogP contribution is 2.34. The number of halogens is 3. The molecule has 1 nitrogen and oxygen atoms in total. The van der Waals surface area contributed by atoms with Crippen LogP contribution in [0.4, 0.5) is 18.9 Å². The summed E-state index contributed by atoms with van der Waals surface area (Å²) in [6.45, 7) is 0.542. The molecule has 0 unspecified atom stereocenters. The fraction of sp³-hybridized carbons (Fsp3) is 0.294. The second-order valence-electron chi connectivity index (χ2n) is 4.91. The molecule has 0 amide bonds. The number of benzene rings is 2. The van der Waals surface area contributed by atoms with E-state index in [0.29, 0.717) is 6.54 Å². The predicted octanol–water partition coefficient (Wildman–Crippen LogP) is 5.14. The molecule has 0 heterocycles. The van der Waals surface area contributed by atoms with Crippen LogP contribution in [0.2, 0.25) is 0 Å². The predicted molar refractivity (Wildman–Crippen MR) is 79.3 cm³/mol. The lowest BCUT2D eigenvalue weighted by atomic mass is 10.1. The molecule has 0 aliphatic rings. The lowest BCUT2D eigenvalue weighted by molar-refractivity contribution is -0.136. The zero-order chi connectivity index (χ0) is 15.1. The van der Waals surface area contributed by atoms with Crippen molar-refractivity contribution in [1.82, 2.24) is 0 Å². The Kier molecular flexibility index (Phi) is 5.26. The summed E-state index contributed by atoms with van der Waals surface area (Å²) < 4.78 is 38.4. The van der Waals surface area contributed by atoms with Gasteiger partial charge in [0.15, 0.2) is 0 Å². The molecule has 112 valence electrons. The molecule has 4 heteroatoms. The van der Waals surface area contributed by atoms with E-state index in [9.17, 15) is 13.2 Å². The van der Waals surface area contributed by atoms with Crippen molar-refractivity contribution in [2.45, 2.75) is 25.4 Å². The maximum atomic E-state index is 12.8. The second-order valence-corrected chi connectivity index (χ2v) is 4.91. The SMILES string of the molecule is FC(F)(F)c1ccccc1NCCCCc1ccccc1. The quantitative estimate of drug-likeness (QED) is 0.727. The van der Waals surface area contributed by atoms with Gasteiger partial charge in [-0.15, -0.1) is 0 Å². The van der Waals surface area contributed by atoms with Gasteiger partial charge in [0.2, 0.25) is 0 Å². The summed E-state index contributed by atoms with van der Waals surface area (Å²) in [5, 5.41) is 2.89. The number of unbranched alkanes of at least 4 members (excludes halogenated alkanes) is 1. The highest BCUT2D eigenvalue weighted by Gasteiger charge is 2.32. The first kappa shape index (κ1) is 15.4. The lowest BCUT2D eigenvalue weighted by Crippen LogP contribution is -2.11. The number of aryl methyl sites for hydroxylation is 1. The third-order valence-corrected chi connectivity index (χ3v) is 3.28. The van der Waals surface area contributed by atoms with Crippen LogP contribution in [0.15, 0.2) is 54.6 Å². The van der Waals surface area contributed by atoms with E-state index in [1.165, 1.54) is 17.7 Å². The van der Waals surface area contributed by atoms with Gasteiger partial charge in [0.1, 0.15) is 0 Å². The first-order valence-electron chi connectivity index (χ1n) is 7.01. The minimum absolute atomic E-state index is 0.157. The number of hydrogen-bond donors (Lipinski definition) is 1. The molecule has 0 atom stereocenters. The molecule has 0 saturated heterocycles. The highest BCUT2D eigenvalue weighted by atomic mass is 19.4. The molecule has 0 saturated carbocycles. The molecule has 0 radical (unpaired) electrons. The van der Waals surface area contributed by atoms with Crippen LogP contribution in [0.5, 0.6) is 0 Å². The zero-order valence-corrected chi connectivity index (χ0v) is 11.7. The molecule has 0 aliphatic heterocycles. The van der Waals surface area contributed by atoms with E-state index in [4.69, 9.17) is 0 Å². The molecule has 2 aromatic carbocycles. The summed E-state index contributed by atoms with van der Waals surface area (Å²) in [7, 11) is 0. The number of rotatable bonds is 6. The summed E-state index contributed by atoms with van der Waals surface area (Å²) >= 11 is 0. The maximum Gasteiger partial charge on any atom is 0.418 e. The van der Waals surface area contributed by atoms with Gasteiger partial charge in [-0.05, 0) is 37.0 Å². The topological polar surface area (TPSA) is 12.0 Å². The minimum Gasteiger partial charge on any atom is -0.385 e. The van der Waals surface area contributed by atoms with Gasteiger partial charge in [-0.25, -0.2) is 0 Å². The third kappa shape index (κ3) is 4.81. The molecule has 0 spiro atoms. The average Bonchev–Trinajstić information content (AvgIpc) is 2.47. The molecular weight excluding hydrogens is 275 g/mol. The Morgan fingerprint density at radius 2 is 1.48 bits per heavy atom. The molecule has 2 aromatic rings. The van der Waals surface area contributed by atoms with Gasteiger partial charge in [-0.3, -0.25) is 0 Å². The van der Waals surface area contributed by atoms with E-state index in [-0.39, 0.29) is 5.69 Å². The van der Waals surface area contributed by atoms with Crippen molar-refractivity contribution in [2.24, 2.45) is 0 Å². The number of alkyl halides is 3. The van der Waals surface area contributed by atoms with Crippen molar-refractivity contribution in [3.05, 3.63) is 65.7 Å². The van der Waals surface area contributed by atoms with E-state index >= 15 is 0 Å². The van der Waals surface area contributed by atoms with Gasteiger partial charge < -0.3 is 5.32 Å². The molecule has 0 bridgehead atoms. The smallest absolute Gasteiger partial charge is 0.385 e. The van der Waals surface area contributed by atoms with Crippen LogP contribution < -0.4 is 5.32 Å². The Hall–Kier alpha value is -1.97. The number of nitrogens with one attached hydrogen (secondary N) is 1. The fourth-order valence-electron chi connectivity index (χ4n) is 2.21. The Bertz CT molecular complexity index is 549. The monoisotopic (exact) mass is 293 g/mol. The molecule has 21 heavy (non-hydrogen) atoms. The molecule has 0 aliphatic carbocycles. The first-order chi connectivity index (χ1) is 10.1. The van der Waals surface area contributed by atoms with Gasteiger partial charge in [-0.2, -0.15) is 13.2 Å². The van der Waals surface area contributed by atoms with Crippen LogP contribution in [0, 0.1) is 0 Å². The normalized spacial score (nSPS) is 11.4. The highest BCUT2D eigenvalue weighted by molar-refractivity contribution is 5.52. The lowest BCUT2D eigenvalue weighted by Gasteiger charge is -2.14. The number of para-hydroxylation sites is 1. The summed E-state index contributed by atoms with van der Waals surface area (Å²) in [6.07, 6.45) is -1.58. The summed E-state index contributed by atoms with van der Waals surface area (Å²) in [5.74, 6) is 0. The van der Waals surface area contributed by atoms with Crippen molar-refractivity contribution in [1.29, 1.82) is 0 Å². The summed E-state index contributed by atoms with van der Waals surface area (Å²) in [4.78, 5) is 0. The largest absolute Gasteiger partial charge is 0.418 e. The van der Waals surface area contributed by atoms with Crippen LogP contribution >= 0.6 is 0 Å². The molecule has 0 aromatic heterocycles. The van der Waals surface area contributed by atoms with Crippen molar-refractivity contribution in [2.75, 3.05) is 11.9 Å². The van der Waals surface area contributed by atoms with Gasteiger partial charge in [0.25, 0.3) is 0 Å². The maximum absolute atomic E-state index is 12.8. The van der Waals surface area contributed by atoms with Gasteiger partial charge >= 0.3 is 6.18 Å². The summed E-state index contributed by atoms with van der Waals surface area (Å²) in [5.41, 5.74) is 0.811. The average molecular weight is 293 g/mol. The van der Waals surface area contributed by atoms with Gasteiger partial charge in [0.05, 0.1) is 5.56 Å². The molecule has 1 N–H and O–H groups in total. The van der Waals surface area contributed by atoms with Crippen LogP contribution in [0.3, 0.4) is 0 Å². The number of hydrogen-bond acceptors (Lipinski definition) is 1. The van der Waals surface area contributed by atoms with Crippen molar-refractivity contribution >= 4 is 5.69 Å². The van der Waals surface area contributed by atoms with Crippen LogP contribution in [0.25, 0.3) is 0 Å². The Balaban J connectivity index is 1.79. The van der Waals surface area contributed by atoms with E-state index in [0.717, 1.165) is 25.3 Å². The van der Waals surface area contributed by atoms with Crippen molar-refractivity contribution in [3.8, 4) is 0 Å². The second kappa shape index (κ2) is 7.16. The number of anilines is 1. The van der Waals surface area contributed by atoms with E-state index in [1.807, 2.05) is 18.2 Å². The Labute approximate surface area is 122 Å². The van der Waals surface area contributed by atoms with Crippen LogP contribution in [-0.2, 0) is 12.6 Å². The zero-order valence-electron chi connectivity index (χ0n) is 11.7. The summed E-state index contributed by atoms with van der Waals surface area (Å²) in [6, 6.07) is 15.7. The van der Waals surface area contributed by atoms with Crippen LogP contribution in [-0.4, -0.2) is 6.54 Å². The Morgan fingerprint density at radius 1 is 0.810 bits per heavy atom. The van der Waals surface area contributed by atoms with E-state index < -0.39 is 11.7 Å².